The highest BCUT2D eigenvalue weighted by Gasteiger charge is 3.01. The summed E-state index contributed by atoms with van der Waals surface area (Å²) < 4.78 is 406. The van der Waals surface area contributed by atoms with Crippen LogP contribution in [0.25, 0.3) is 0 Å². The lowest BCUT2D eigenvalue weighted by molar-refractivity contribution is -0.459. The van der Waals surface area contributed by atoms with E-state index < -0.39 is 96.9 Å². The number of halogens is 31. The fourth-order valence-electron chi connectivity index (χ4n) is 2.91. The van der Waals surface area contributed by atoms with Gasteiger partial charge in [-0.1, -0.05) is 0 Å². The monoisotopic (exact) mass is 846 g/mol. The Hall–Kier alpha value is -1.63. The molecule has 33 heteroatoms. The summed E-state index contributed by atoms with van der Waals surface area (Å²) in [5.41, 5.74) is -18.1. The smallest absolute Gasteiger partial charge is 0.396 e. The van der Waals surface area contributed by atoms with E-state index in [1.54, 1.807) is 0 Å². The zero-order valence-corrected chi connectivity index (χ0v) is 23.1. The normalized spacial score (nSPS) is 18.1. The molecule has 0 rings (SSSR count). The molecule has 0 fully saturated rings. The van der Waals surface area contributed by atoms with Crippen LogP contribution >= 0.6 is 11.1 Å². The maximum Gasteiger partial charge on any atom is 0.460 e. The third kappa shape index (κ3) is 5.54. The van der Waals surface area contributed by atoms with E-state index in [2.05, 4.69) is 15.5 Å². The molecule has 0 aromatic carbocycles. The SMILES string of the molecule is CCO[Si](Cl)(C(F)(F)C(F)(F)C(F)(F)C(F)(F)C(F)(F)C(F)(F)F)C(F)(F)C(F)(F)C(F)(F)C(F)(F)C(F)(F)C(F)(F)C(F)(F)C(F)(F)F. The maximum absolute atomic E-state index is 14.6. The molecule has 0 aliphatic rings. The maximum atomic E-state index is 14.6. The van der Waals surface area contributed by atoms with E-state index in [0.717, 1.165) is 0 Å². The fourth-order valence-corrected chi connectivity index (χ4v) is 6.23. The Balaban J connectivity index is 7.92. The fraction of sp³-hybridized carbons (Fsp3) is 1.00. The van der Waals surface area contributed by atoms with Gasteiger partial charge in [-0.15, -0.1) is 11.1 Å². The van der Waals surface area contributed by atoms with Crippen molar-refractivity contribution in [2.45, 2.75) is 89.6 Å². The van der Waals surface area contributed by atoms with Crippen LogP contribution in [-0.4, -0.2) is 96.9 Å². The van der Waals surface area contributed by atoms with Crippen molar-refractivity contribution in [1.29, 1.82) is 0 Å². The second-order valence-electron chi connectivity index (χ2n) is 8.92. The molecule has 0 aliphatic carbocycles. The largest absolute Gasteiger partial charge is 0.460 e. The van der Waals surface area contributed by atoms with Crippen LogP contribution in [-0.2, 0) is 4.43 Å². The Kier molecular flexibility index (Phi) is 11.3. The molecule has 0 spiro atoms. The van der Waals surface area contributed by atoms with E-state index in [0.29, 0.717) is 0 Å². The van der Waals surface area contributed by atoms with Crippen molar-refractivity contribution in [3.8, 4) is 0 Å². The first-order valence-corrected chi connectivity index (χ1v) is 13.5. The van der Waals surface area contributed by atoms with Crippen molar-refractivity contribution in [2.75, 3.05) is 6.61 Å². The van der Waals surface area contributed by atoms with Crippen LogP contribution in [0, 0.1) is 0 Å². The summed E-state index contributed by atoms with van der Waals surface area (Å²) in [7, 11) is -10.2. The third-order valence-electron chi connectivity index (χ3n) is 5.81. The second kappa shape index (κ2) is 11.7. The van der Waals surface area contributed by atoms with Gasteiger partial charge < -0.3 is 4.43 Å². The summed E-state index contributed by atoms with van der Waals surface area (Å²) in [5.74, 6) is -92.7. The lowest BCUT2D eigenvalue weighted by Gasteiger charge is -2.48. The van der Waals surface area contributed by atoms with Crippen LogP contribution in [0.3, 0.4) is 0 Å². The van der Waals surface area contributed by atoms with Crippen molar-refractivity contribution in [3.63, 3.8) is 0 Å². The number of hydrogen-bond donors (Lipinski definition) is 0. The van der Waals surface area contributed by atoms with Crippen LogP contribution < -0.4 is 0 Å². The molecular weight excluding hydrogens is 842 g/mol. The Bertz CT molecular complexity index is 1200. The number of alkyl halides is 30. The van der Waals surface area contributed by atoms with Gasteiger partial charge in [0.05, 0.1) is 0 Å². The zero-order chi connectivity index (χ0) is 40.9. The van der Waals surface area contributed by atoms with E-state index in [1.807, 2.05) is 0 Å². The van der Waals surface area contributed by atoms with E-state index in [9.17, 15) is 132 Å². The van der Waals surface area contributed by atoms with E-state index in [-0.39, 0.29) is 6.92 Å². The van der Waals surface area contributed by atoms with Gasteiger partial charge >= 0.3 is 90.3 Å². The highest BCUT2D eigenvalue weighted by Crippen LogP contribution is 2.68. The minimum absolute atomic E-state index is 0.349. The van der Waals surface area contributed by atoms with Crippen molar-refractivity contribution in [3.05, 3.63) is 0 Å². The Labute approximate surface area is 252 Å². The van der Waals surface area contributed by atoms with Crippen LogP contribution in [0.2, 0.25) is 0 Å². The molecule has 0 N–H and O–H groups in total. The van der Waals surface area contributed by atoms with Crippen LogP contribution in [0.5, 0.6) is 0 Å². The van der Waals surface area contributed by atoms with Gasteiger partial charge in [0.15, 0.2) is 0 Å². The molecule has 0 saturated carbocycles. The first kappa shape index (κ1) is 47.4. The van der Waals surface area contributed by atoms with Crippen LogP contribution in [0.4, 0.5) is 132 Å². The van der Waals surface area contributed by atoms with Gasteiger partial charge in [-0.3, -0.25) is 0 Å². The molecule has 49 heavy (non-hydrogen) atoms. The molecule has 0 radical (unpaired) electrons. The van der Waals surface area contributed by atoms with Crippen molar-refractivity contribution < 1.29 is 136 Å². The summed E-state index contributed by atoms with van der Waals surface area (Å²) in [6.45, 7) is -3.04. The standard InChI is InChI=1S/C16H5ClF30OSi/c1-2-48-49(17,16(46,47)12(36,37)8(28,29)6(24,25)10(32,33)14(41,42)43)15(44,45)11(34,35)7(26,27)4(20,21)3(18,19)5(22,23)9(30,31)13(38,39)40/h2H2,1H3. The molecule has 0 heterocycles. The van der Waals surface area contributed by atoms with Crippen LogP contribution in [0.15, 0.2) is 0 Å². The predicted octanol–water partition coefficient (Wildman–Crippen LogP) is 10.5. The summed E-state index contributed by atoms with van der Waals surface area (Å²) in [6, 6.07) is 0. The van der Waals surface area contributed by atoms with Gasteiger partial charge in [-0.25, -0.2) is 0 Å². The average Bonchev–Trinajstić information content (AvgIpc) is 2.85. The molecule has 0 aliphatic heterocycles. The molecule has 1 atom stereocenters. The molecule has 0 aromatic rings. The minimum atomic E-state index is -10.2. The zero-order valence-electron chi connectivity index (χ0n) is 21.3. The number of hydrogen-bond acceptors (Lipinski definition) is 1. The van der Waals surface area contributed by atoms with Crippen molar-refractivity contribution >= 4 is 18.7 Å². The summed E-state index contributed by atoms with van der Waals surface area (Å²) in [6.07, 6.45) is -16.5. The minimum Gasteiger partial charge on any atom is -0.396 e. The van der Waals surface area contributed by atoms with Crippen LogP contribution in [0.1, 0.15) is 6.92 Å². The van der Waals surface area contributed by atoms with Gasteiger partial charge in [-0.05, 0) is 6.92 Å². The predicted molar refractivity (Wildman–Crippen MR) is 94.7 cm³/mol. The summed E-state index contributed by atoms with van der Waals surface area (Å²) in [5, 5.41) is 0. The first-order valence-electron chi connectivity index (χ1n) is 10.6. The van der Waals surface area contributed by atoms with Gasteiger partial charge in [0, 0.05) is 6.61 Å². The summed E-state index contributed by atoms with van der Waals surface area (Å²) in [4.78, 5) is 0. The Morgan fingerprint density at radius 3 is 0.653 bits per heavy atom. The molecule has 296 valence electrons. The molecule has 1 unspecified atom stereocenters. The van der Waals surface area contributed by atoms with Gasteiger partial charge in [0.25, 0.3) is 0 Å². The number of rotatable bonds is 14. The van der Waals surface area contributed by atoms with E-state index in [4.69, 9.17) is 0 Å². The highest BCUT2D eigenvalue weighted by molar-refractivity contribution is 7.19. The Morgan fingerprint density at radius 1 is 0.327 bits per heavy atom. The second-order valence-corrected chi connectivity index (χ2v) is 13.2. The Morgan fingerprint density at radius 2 is 0.490 bits per heavy atom. The average molecular weight is 847 g/mol. The molecular formula is C16H5ClF30OSi. The molecule has 0 bridgehead atoms. The summed E-state index contributed by atoms with van der Waals surface area (Å²) >= 11 is 3.93. The van der Waals surface area contributed by atoms with Crippen molar-refractivity contribution in [2.24, 2.45) is 0 Å². The first-order chi connectivity index (χ1) is 20.6. The lowest BCUT2D eigenvalue weighted by atomic mass is 9.91. The van der Waals surface area contributed by atoms with Gasteiger partial charge in [0.1, 0.15) is 0 Å². The van der Waals surface area contributed by atoms with E-state index >= 15 is 0 Å². The molecule has 1 nitrogen and oxygen atoms in total. The molecule has 0 amide bonds. The molecule has 0 aromatic heterocycles. The molecule has 0 saturated heterocycles. The topological polar surface area (TPSA) is 9.23 Å². The quantitative estimate of drug-likeness (QED) is 0.0962. The lowest BCUT2D eigenvalue weighted by Crippen LogP contribution is -2.83. The van der Waals surface area contributed by atoms with Gasteiger partial charge in [-0.2, -0.15) is 132 Å². The van der Waals surface area contributed by atoms with Crippen molar-refractivity contribution in [1.82, 2.24) is 0 Å². The highest BCUT2D eigenvalue weighted by atomic mass is 35.6. The third-order valence-corrected chi connectivity index (χ3v) is 10.5. The van der Waals surface area contributed by atoms with Gasteiger partial charge in [0.2, 0.25) is 0 Å². The van der Waals surface area contributed by atoms with E-state index in [1.165, 1.54) is 0 Å².